The van der Waals surface area contributed by atoms with E-state index >= 15 is 0 Å². The highest BCUT2D eigenvalue weighted by molar-refractivity contribution is 5.94. The van der Waals surface area contributed by atoms with Gasteiger partial charge in [-0.1, -0.05) is 6.07 Å². The molecule has 0 spiro atoms. The zero-order valence-electron chi connectivity index (χ0n) is 16.1. The van der Waals surface area contributed by atoms with Crippen molar-refractivity contribution < 1.29 is 14.3 Å². The first-order valence-corrected chi connectivity index (χ1v) is 9.02. The summed E-state index contributed by atoms with van der Waals surface area (Å²) in [5.41, 5.74) is 4.11. The predicted octanol–water partition coefficient (Wildman–Crippen LogP) is 2.99. The van der Waals surface area contributed by atoms with Crippen LogP contribution in [0.25, 0.3) is 5.69 Å². The van der Waals surface area contributed by atoms with Crippen molar-refractivity contribution in [3.8, 4) is 5.69 Å². The lowest BCUT2D eigenvalue weighted by Crippen LogP contribution is -2.23. The fourth-order valence-corrected chi connectivity index (χ4v) is 2.80. The molecule has 3 rings (SSSR count). The monoisotopic (exact) mass is 378 g/mol. The Hall–Kier alpha value is -3.48. The number of rotatable bonds is 6. The lowest BCUT2D eigenvalue weighted by atomic mass is 10.2. The van der Waals surface area contributed by atoms with Gasteiger partial charge in [0.15, 0.2) is 0 Å². The van der Waals surface area contributed by atoms with Gasteiger partial charge in [-0.05, 0) is 57.2 Å². The van der Waals surface area contributed by atoms with Crippen LogP contribution in [0.3, 0.4) is 0 Å². The molecule has 0 unspecified atom stereocenters. The van der Waals surface area contributed by atoms with Crippen molar-refractivity contribution in [1.29, 1.82) is 0 Å². The van der Waals surface area contributed by atoms with Gasteiger partial charge in [0, 0.05) is 11.3 Å². The van der Waals surface area contributed by atoms with Gasteiger partial charge in [0.25, 0.3) is 5.91 Å². The molecule has 7 heteroatoms. The predicted molar refractivity (Wildman–Crippen MR) is 104 cm³/mol. The number of ether oxygens (including phenoxy) is 1. The third-order valence-electron chi connectivity index (χ3n) is 4.26. The Morgan fingerprint density at radius 2 is 1.86 bits per heavy atom. The molecule has 0 saturated heterocycles. The molecule has 0 atom stereocenters. The molecule has 0 aliphatic heterocycles. The minimum Gasteiger partial charge on any atom is -0.462 e. The van der Waals surface area contributed by atoms with Crippen molar-refractivity contribution in [2.45, 2.75) is 27.3 Å². The summed E-state index contributed by atoms with van der Waals surface area (Å²) in [6, 6.07) is 12.7. The van der Waals surface area contributed by atoms with E-state index in [0.29, 0.717) is 30.0 Å². The topological polar surface area (TPSA) is 86.1 Å². The average Bonchev–Trinajstić information content (AvgIpc) is 3.08. The van der Waals surface area contributed by atoms with E-state index in [1.54, 1.807) is 42.8 Å². The van der Waals surface area contributed by atoms with Gasteiger partial charge in [0.2, 0.25) is 0 Å². The number of amides is 1. The van der Waals surface area contributed by atoms with Crippen LogP contribution in [-0.2, 0) is 11.3 Å². The Morgan fingerprint density at radius 1 is 1.11 bits per heavy atom. The minimum absolute atomic E-state index is 0.181. The molecule has 144 valence electrons. The number of carbonyl (C=O) groups is 2. The van der Waals surface area contributed by atoms with Crippen LogP contribution < -0.4 is 5.32 Å². The Kier molecular flexibility index (Phi) is 5.84. The summed E-state index contributed by atoms with van der Waals surface area (Å²) < 4.78 is 6.67. The van der Waals surface area contributed by atoms with Gasteiger partial charge in [-0.25, -0.2) is 9.48 Å². The van der Waals surface area contributed by atoms with Gasteiger partial charge >= 0.3 is 5.97 Å². The third-order valence-corrected chi connectivity index (χ3v) is 4.26. The molecule has 7 nitrogen and oxygen atoms in total. The molecule has 0 bridgehead atoms. The molecule has 2 aromatic heterocycles. The summed E-state index contributed by atoms with van der Waals surface area (Å²) in [7, 11) is 0. The third kappa shape index (κ3) is 4.25. The molecule has 1 N–H and O–H groups in total. The zero-order valence-corrected chi connectivity index (χ0v) is 16.1. The Morgan fingerprint density at radius 3 is 2.54 bits per heavy atom. The van der Waals surface area contributed by atoms with E-state index in [9.17, 15) is 9.59 Å². The van der Waals surface area contributed by atoms with Crippen LogP contribution in [0.1, 0.15) is 44.7 Å². The molecule has 1 aromatic carbocycles. The number of aryl methyl sites for hydroxylation is 1. The normalized spacial score (nSPS) is 10.5. The largest absolute Gasteiger partial charge is 0.462 e. The molecular weight excluding hydrogens is 356 g/mol. The van der Waals surface area contributed by atoms with Crippen LogP contribution in [0.15, 0.2) is 48.7 Å². The SMILES string of the molecule is CCOC(=O)c1cnn(-c2ccc(C(=O)NCc3cccc(C)n3)cc2)c1C. The maximum Gasteiger partial charge on any atom is 0.341 e. The van der Waals surface area contributed by atoms with E-state index in [1.807, 2.05) is 25.1 Å². The standard InChI is InChI=1S/C21H22N4O3/c1-4-28-21(27)19-13-23-25(15(19)3)18-10-8-16(9-11-18)20(26)22-12-17-7-5-6-14(2)24-17/h5-11,13H,4,12H2,1-3H3,(H,22,26). The van der Waals surface area contributed by atoms with Crippen LogP contribution in [0.5, 0.6) is 0 Å². The van der Waals surface area contributed by atoms with Crippen LogP contribution in [-0.4, -0.2) is 33.2 Å². The second kappa shape index (κ2) is 8.47. The molecule has 2 heterocycles. The Balaban J connectivity index is 1.69. The van der Waals surface area contributed by atoms with Crippen molar-refractivity contribution >= 4 is 11.9 Å². The summed E-state index contributed by atoms with van der Waals surface area (Å²) in [5.74, 6) is -0.578. The minimum atomic E-state index is -0.396. The zero-order chi connectivity index (χ0) is 20.1. The molecule has 3 aromatic rings. The number of carbonyl (C=O) groups excluding carboxylic acids is 2. The molecule has 0 aliphatic rings. The quantitative estimate of drug-likeness (QED) is 0.667. The maximum absolute atomic E-state index is 12.4. The number of aromatic nitrogens is 3. The second-order valence-corrected chi connectivity index (χ2v) is 6.28. The summed E-state index contributed by atoms with van der Waals surface area (Å²) in [6.45, 7) is 6.15. The molecule has 0 saturated carbocycles. The molecule has 28 heavy (non-hydrogen) atoms. The number of benzene rings is 1. The highest BCUT2D eigenvalue weighted by Crippen LogP contribution is 2.16. The smallest absolute Gasteiger partial charge is 0.341 e. The van der Waals surface area contributed by atoms with Crippen molar-refractivity contribution in [1.82, 2.24) is 20.1 Å². The molecule has 1 amide bonds. The van der Waals surface area contributed by atoms with Crippen molar-refractivity contribution in [3.63, 3.8) is 0 Å². The van der Waals surface area contributed by atoms with Crippen LogP contribution in [0.2, 0.25) is 0 Å². The average molecular weight is 378 g/mol. The van der Waals surface area contributed by atoms with Gasteiger partial charge in [-0.15, -0.1) is 0 Å². The van der Waals surface area contributed by atoms with Gasteiger partial charge in [-0.3, -0.25) is 9.78 Å². The first-order valence-electron chi connectivity index (χ1n) is 9.02. The summed E-state index contributed by atoms with van der Waals surface area (Å²) in [5, 5.41) is 7.12. The summed E-state index contributed by atoms with van der Waals surface area (Å²) >= 11 is 0. The van der Waals surface area contributed by atoms with E-state index in [2.05, 4.69) is 15.4 Å². The van der Waals surface area contributed by atoms with Crippen LogP contribution in [0, 0.1) is 13.8 Å². The van der Waals surface area contributed by atoms with Gasteiger partial charge in [0.1, 0.15) is 5.56 Å². The maximum atomic E-state index is 12.4. The number of esters is 1. The van der Waals surface area contributed by atoms with Crippen molar-refractivity contribution in [3.05, 3.63) is 76.9 Å². The van der Waals surface area contributed by atoms with E-state index in [1.165, 1.54) is 6.20 Å². The molecule has 0 aliphatic carbocycles. The highest BCUT2D eigenvalue weighted by Gasteiger charge is 2.16. The number of pyridine rings is 1. The fourth-order valence-electron chi connectivity index (χ4n) is 2.80. The highest BCUT2D eigenvalue weighted by atomic mass is 16.5. The van der Waals surface area contributed by atoms with E-state index < -0.39 is 5.97 Å². The van der Waals surface area contributed by atoms with E-state index in [0.717, 1.165) is 17.1 Å². The molecular formula is C21H22N4O3. The van der Waals surface area contributed by atoms with Gasteiger partial charge in [0.05, 0.1) is 36.4 Å². The van der Waals surface area contributed by atoms with Gasteiger partial charge < -0.3 is 10.1 Å². The van der Waals surface area contributed by atoms with Gasteiger partial charge in [-0.2, -0.15) is 5.10 Å². The summed E-state index contributed by atoms with van der Waals surface area (Å²) in [6.07, 6.45) is 1.49. The summed E-state index contributed by atoms with van der Waals surface area (Å²) in [4.78, 5) is 28.7. The number of hydrogen-bond acceptors (Lipinski definition) is 5. The van der Waals surface area contributed by atoms with Crippen molar-refractivity contribution in [2.75, 3.05) is 6.61 Å². The van der Waals surface area contributed by atoms with Crippen LogP contribution in [0.4, 0.5) is 0 Å². The van der Waals surface area contributed by atoms with E-state index in [4.69, 9.17) is 4.74 Å². The Labute approximate surface area is 163 Å². The molecule has 0 fully saturated rings. The number of nitrogens with one attached hydrogen (secondary N) is 1. The van der Waals surface area contributed by atoms with E-state index in [-0.39, 0.29) is 5.91 Å². The number of nitrogens with zero attached hydrogens (tertiary/aromatic N) is 3. The first-order chi connectivity index (χ1) is 13.5. The molecule has 0 radical (unpaired) electrons. The Bertz CT molecular complexity index is 993. The number of hydrogen-bond donors (Lipinski definition) is 1. The lowest BCUT2D eigenvalue weighted by Gasteiger charge is -2.08. The fraction of sp³-hybridized carbons (Fsp3) is 0.238. The lowest BCUT2D eigenvalue weighted by molar-refractivity contribution is 0.0525. The van der Waals surface area contributed by atoms with Crippen LogP contribution >= 0.6 is 0 Å². The second-order valence-electron chi connectivity index (χ2n) is 6.28. The van der Waals surface area contributed by atoms with Crippen molar-refractivity contribution in [2.24, 2.45) is 0 Å². The first kappa shape index (κ1) is 19.3.